The van der Waals surface area contributed by atoms with E-state index in [9.17, 15) is 27.2 Å². The second-order valence-electron chi connectivity index (χ2n) is 11.3. The number of morpholine rings is 1. The predicted octanol–water partition coefficient (Wildman–Crippen LogP) is 2.83. The van der Waals surface area contributed by atoms with E-state index in [2.05, 4.69) is 35.3 Å². The highest BCUT2D eigenvalue weighted by Gasteiger charge is 2.43. The SMILES string of the molecule is Cc1nonc1C(=O)N[C@H](c1cn2ncc([C@H]3COCCN3C(=O)[C@@H]3CCC(F)(F)CO3)nc2n1)C1CCC(F)(F)CC1. The van der Waals surface area contributed by atoms with Crippen LogP contribution in [0.15, 0.2) is 17.0 Å². The highest BCUT2D eigenvalue weighted by atomic mass is 19.3. The van der Waals surface area contributed by atoms with Crippen molar-refractivity contribution >= 4 is 17.6 Å². The summed E-state index contributed by atoms with van der Waals surface area (Å²) < 4.78 is 71.9. The first kappa shape index (κ1) is 29.3. The minimum absolute atomic E-state index is 0.0267. The summed E-state index contributed by atoms with van der Waals surface area (Å²) in [6, 6.07) is -1.42. The minimum atomic E-state index is -2.96. The number of carbonyl (C=O) groups is 2. The minimum Gasteiger partial charge on any atom is -0.377 e. The summed E-state index contributed by atoms with van der Waals surface area (Å²) in [7, 11) is 0. The number of aromatic nitrogens is 6. The molecule has 13 nitrogen and oxygen atoms in total. The Hall–Kier alpha value is -3.73. The monoisotopic (exact) mass is 610 g/mol. The molecule has 1 N–H and O–H groups in total. The molecule has 6 rings (SSSR count). The van der Waals surface area contributed by atoms with Crippen molar-refractivity contribution in [3.8, 4) is 0 Å². The average molecular weight is 611 g/mol. The molecule has 1 aliphatic carbocycles. The summed E-state index contributed by atoms with van der Waals surface area (Å²) >= 11 is 0. The van der Waals surface area contributed by atoms with E-state index in [1.54, 1.807) is 13.1 Å². The van der Waals surface area contributed by atoms with E-state index in [4.69, 9.17) is 9.47 Å². The number of imidazole rings is 1. The molecule has 0 unspecified atom stereocenters. The van der Waals surface area contributed by atoms with Gasteiger partial charge in [0.2, 0.25) is 5.92 Å². The molecular formula is C26H30F4N8O5. The molecule has 0 aromatic carbocycles. The van der Waals surface area contributed by atoms with Crippen LogP contribution in [0.2, 0.25) is 0 Å². The molecule has 2 aliphatic heterocycles. The highest BCUT2D eigenvalue weighted by Crippen LogP contribution is 2.41. The smallest absolute Gasteiger partial charge is 0.276 e. The lowest BCUT2D eigenvalue weighted by atomic mass is 9.81. The molecule has 0 spiro atoms. The van der Waals surface area contributed by atoms with Crippen LogP contribution in [-0.2, 0) is 14.3 Å². The summed E-state index contributed by atoms with van der Waals surface area (Å²) in [6.07, 6.45) is 1.14. The van der Waals surface area contributed by atoms with Crippen LogP contribution in [0.5, 0.6) is 0 Å². The van der Waals surface area contributed by atoms with Crippen molar-refractivity contribution < 1.29 is 41.3 Å². The van der Waals surface area contributed by atoms with Gasteiger partial charge in [0.1, 0.15) is 18.4 Å². The zero-order chi connectivity index (χ0) is 30.4. The fourth-order valence-corrected chi connectivity index (χ4v) is 5.80. The zero-order valence-electron chi connectivity index (χ0n) is 23.2. The molecule has 17 heteroatoms. The quantitative estimate of drug-likeness (QED) is 0.413. The number of aryl methyl sites for hydroxylation is 1. The number of hydrogen-bond acceptors (Lipinski definition) is 10. The number of carbonyl (C=O) groups excluding carboxylic acids is 2. The summed E-state index contributed by atoms with van der Waals surface area (Å²) in [5.41, 5.74) is 0.969. The Morgan fingerprint density at radius 3 is 2.53 bits per heavy atom. The van der Waals surface area contributed by atoms with Crippen LogP contribution < -0.4 is 5.32 Å². The fourth-order valence-electron chi connectivity index (χ4n) is 5.80. The molecule has 232 valence electrons. The maximum Gasteiger partial charge on any atom is 0.276 e. The second-order valence-corrected chi connectivity index (χ2v) is 11.3. The van der Waals surface area contributed by atoms with Gasteiger partial charge in [-0.2, -0.15) is 5.10 Å². The normalized spacial score (nSPS) is 25.0. The molecule has 2 amide bonds. The number of fused-ring (bicyclic) bond motifs is 1. The van der Waals surface area contributed by atoms with E-state index in [0.29, 0.717) is 11.4 Å². The van der Waals surface area contributed by atoms with Gasteiger partial charge in [-0.1, -0.05) is 5.16 Å². The van der Waals surface area contributed by atoms with Gasteiger partial charge in [-0.15, -0.1) is 0 Å². The molecule has 3 aromatic heterocycles. The Balaban J connectivity index is 1.26. The average Bonchev–Trinajstić information content (AvgIpc) is 3.61. The number of rotatable bonds is 6. The van der Waals surface area contributed by atoms with Gasteiger partial charge in [0, 0.05) is 25.8 Å². The van der Waals surface area contributed by atoms with E-state index in [-0.39, 0.29) is 74.9 Å². The van der Waals surface area contributed by atoms with E-state index in [1.807, 2.05) is 0 Å². The van der Waals surface area contributed by atoms with Crippen LogP contribution in [-0.4, -0.2) is 90.9 Å². The number of hydrogen-bond donors (Lipinski definition) is 1. The van der Waals surface area contributed by atoms with Crippen LogP contribution >= 0.6 is 0 Å². The Morgan fingerprint density at radius 1 is 1.07 bits per heavy atom. The standard InChI is InChI=1S/C26H30F4N8O5/c1-14-20(36-43-35-14)22(39)34-21(15-2-5-25(27,28)6-3-15)17-11-38-24(33-17)32-16(10-31-38)18-12-41-9-8-37(18)23(40)19-4-7-26(29,30)13-42-19/h10-11,15,18-19,21H,2-9,12-13H2,1H3,(H,34,39)/t18-,19+,21+/m1/s1. The predicted molar refractivity (Wildman–Crippen MR) is 136 cm³/mol. The van der Waals surface area contributed by atoms with Crippen LogP contribution in [0.4, 0.5) is 17.6 Å². The van der Waals surface area contributed by atoms with Crippen molar-refractivity contribution in [3.63, 3.8) is 0 Å². The van der Waals surface area contributed by atoms with Gasteiger partial charge in [0.05, 0.1) is 49.1 Å². The van der Waals surface area contributed by atoms with Crippen molar-refractivity contribution in [1.82, 2.24) is 40.1 Å². The van der Waals surface area contributed by atoms with Crippen molar-refractivity contribution in [2.24, 2.45) is 5.92 Å². The fraction of sp³-hybridized carbons (Fsp3) is 0.654. The Labute approximate surface area is 242 Å². The third-order valence-corrected chi connectivity index (χ3v) is 8.23. The van der Waals surface area contributed by atoms with Gasteiger partial charge >= 0.3 is 0 Å². The van der Waals surface area contributed by atoms with Gasteiger partial charge in [-0.25, -0.2) is 36.7 Å². The Kier molecular flexibility index (Phi) is 7.78. The summed E-state index contributed by atoms with van der Waals surface area (Å²) in [5, 5.41) is 14.5. The molecule has 43 heavy (non-hydrogen) atoms. The first-order chi connectivity index (χ1) is 20.5. The van der Waals surface area contributed by atoms with Crippen LogP contribution in [0.3, 0.4) is 0 Å². The van der Waals surface area contributed by atoms with Gasteiger partial charge in [0.15, 0.2) is 5.69 Å². The topological polar surface area (TPSA) is 150 Å². The summed E-state index contributed by atoms with van der Waals surface area (Å²) in [5.74, 6) is -6.95. The number of nitrogens with one attached hydrogen (secondary N) is 1. The number of alkyl halides is 4. The molecular weight excluding hydrogens is 580 g/mol. The van der Waals surface area contributed by atoms with Crippen molar-refractivity contribution in [3.05, 3.63) is 35.2 Å². The lowest BCUT2D eigenvalue weighted by molar-refractivity contribution is -0.176. The lowest BCUT2D eigenvalue weighted by Gasteiger charge is -2.38. The Bertz CT molecular complexity index is 1480. The van der Waals surface area contributed by atoms with E-state index in [0.717, 1.165) is 0 Å². The summed E-state index contributed by atoms with van der Waals surface area (Å²) in [4.78, 5) is 37.0. The molecule has 3 aliphatic rings. The largest absolute Gasteiger partial charge is 0.377 e. The molecule has 0 bridgehead atoms. The first-order valence-corrected chi connectivity index (χ1v) is 14.1. The first-order valence-electron chi connectivity index (χ1n) is 14.1. The maximum atomic E-state index is 14.0. The number of nitrogens with zero attached hydrogens (tertiary/aromatic N) is 7. The molecule has 3 fully saturated rings. The third kappa shape index (κ3) is 6.18. The van der Waals surface area contributed by atoms with Crippen molar-refractivity contribution in [1.29, 1.82) is 0 Å². The van der Waals surface area contributed by atoms with E-state index in [1.165, 1.54) is 15.6 Å². The number of ether oxygens (including phenoxy) is 2. The Morgan fingerprint density at radius 2 is 1.84 bits per heavy atom. The lowest BCUT2D eigenvalue weighted by Crippen LogP contribution is -2.50. The number of amides is 2. The van der Waals surface area contributed by atoms with Crippen LogP contribution in [0, 0.1) is 12.8 Å². The van der Waals surface area contributed by atoms with E-state index < -0.39 is 54.9 Å². The van der Waals surface area contributed by atoms with Gasteiger partial charge < -0.3 is 19.7 Å². The molecule has 3 atom stereocenters. The maximum absolute atomic E-state index is 14.0. The van der Waals surface area contributed by atoms with Gasteiger partial charge in [-0.05, 0) is 37.3 Å². The molecule has 3 aromatic rings. The van der Waals surface area contributed by atoms with Crippen molar-refractivity contribution in [2.75, 3.05) is 26.4 Å². The second kappa shape index (κ2) is 11.4. The van der Waals surface area contributed by atoms with Crippen LogP contribution in [0.25, 0.3) is 5.78 Å². The third-order valence-electron chi connectivity index (χ3n) is 8.23. The van der Waals surface area contributed by atoms with Gasteiger partial charge in [-0.3, -0.25) is 9.59 Å². The van der Waals surface area contributed by atoms with Crippen molar-refractivity contribution in [2.45, 2.75) is 75.5 Å². The molecule has 2 saturated heterocycles. The van der Waals surface area contributed by atoms with E-state index >= 15 is 0 Å². The molecule has 0 radical (unpaired) electrons. The highest BCUT2D eigenvalue weighted by molar-refractivity contribution is 5.93. The molecule has 5 heterocycles. The van der Waals surface area contributed by atoms with Gasteiger partial charge in [0.25, 0.3) is 23.5 Å². The zero-order valence-corrected chi connectivity index (χ0v) is 23.2. The van der Waals surface area contributed by atoms with Crippen LogP contribution in [0.1, 0.15) is 78.2 Å². The molecule has 1 saturated carbocycles. The number of halogens is 4. The summed E-state index contributed by atoms with van der Waals surface area (Å²) in [6.45, 7) is 1.32.